The van der Waals surface area contributed by atoms with E-state index in [2.05, 4.69) is 68.9 Å². The van der Waals surface area contributed by atoms with Crippen LogP contribution in [0.25, 0.3) is 0 Å². The number of carbonyl (C=O) groups excluding carboxylic acids is 2. The van der Waals surface area contributed by atoms with Crippen molar-refractivity contribution in [3.05, 3.63) is 12.3 Å². The Labute approximate surface area is 203 Å². The molecule has 0 aromatic rings. The number of carbonyl (C=O) groups is 2. The molecule has 0 atom stereocenters. The maximum atomic E-state index is 12.5. The van der Waals surface area contributed by atoms with E-state index in [-0.39, 0.29) is 22.2 Å². The molecule has 2 heterocycles. The first kappa shape index (κ1) is 31.4. The molecule has 6 heteroatoms. The SMILES string of the molecule is C=C(CC(C)(C)C)N1CC(F)C1.CC(C)(C)CC(=O)N1CCC1.CN(C)C(=O)CC(C)(C)C. The third-order valence-corrected chi connectivity index (χ3v) is 5.09. The number of hydrogen-bond donors (Lipinski definition) is 0. The highest BCUT2D eigenvalue weighted by molar-refractivity contribution is 5.77. The van der Waals surface area contributed by atoms with Gasteiger partial charge in [-0.3, -0.25) is 9.59 Å². The summed E-state index contributed by atoms with van der Waals surface area (Å²) in [7, 11) is 3.57. The maximum Gasteiger partial charge on any atom is 0.223 e. The van der Waals surface area contributed by atoms with E-state index in [1.54, 1.807) is 19.0 Å². The van der Waals surface area contributed by atoms with Gasteiger partial charge in [-0.2, -0.15) is 0 Å². The number of nitrogens with zero attached hydrogens (tertiary/aromatic N) is 3. The molecule has 2 aliphatic heterocycles. The molecule has 0 radical (unpaired) electrons. The van der Waals surface area contributed by atoms with Crippen LogP contribution in [0.4, 0.5) is 4.39 Å². The van der Waals surface area contributed by atoms with E-state index in [9.17, 15) is 14.0 Å². The molecule has 0 spiro atoms. The zero-order valence-electron chi connectivity index (χ0n) is 23.5. The molecule has 2 fully saturated rings. The zero-order chi connectivity index (χ0) is 26.2. The van der Waals surface area contributed by atoms with E-state index < -0.39 is 6.17 Å². The number of likely N-dealkylation sites (tertiary alicyclic amines) is 2. The first-order valence-electron chi connectivity index (χ1n) is 12.2. The van der Waals surface area contributed by atoms with E-state index in [4.69, 9.17) is 0 Å². The van der Waals surface area contributed by atoms with Crippen LogP contribution in [0.2, 0.25) is 0 Å². The lowest BCUT2D eigenvalue weighted by Crippen LogP contribution is -2.47. The van der Waals surface area contributed by atoms with Crippen LogP contribution in [0.5, 0.6) is 0 Å². The highest BCUT2D eigenvalue weighted by atomic mass is 19.1. The second-order valence-corrected chi connectivity index (χ2v) is 13.3. The predicted octanol–water partition coefficient (Wildman–Crippen LogP) is 5.76. The molecular formula is C27H52FN3O2. The second-order valence-electron chi connectivity index (χ2n) is 13.3. The van der Waals surface area contributed by atoms with E-state index in [0.29, 0.717) is 31.8 Å². The number of hydrogen-bond acceptors (Lipinski definition) is 3. The Morgan fingerprint density at radius 3 is 1.48 bits per heavy atom. The van der Waals surface area contributed by atoms with Crippen LogP contribution >= 0.6 is 0 Å². The van der Waals surface area contributed by atoms with Gasteiger partial charge in [0.05, 0.1) is 13.1 Å². The minimum absolute atomic E-state index is 0.112. The maximum absolute atomic E-state index is 12.5. The van der Waals surface area contributed by atoms with Gasteiger partial charge in [0.15, 0.2) is 0 Å². The van der Waals surface area contributed by atoms with E-state index >= 15 is 0 Å². The predicted molar refractivity (Wildman–Crippen MR) is 138 cm³/mol. The summed E-state index contributed by atoms with van der Waals surface area (Å²) in [4.78, 5) is 28.0. The monoisotopic (exact) mass is 469 g/mol. The number of allylic oxidation sites excluding steroid dienone is 1. The lowest BCUT2D eigenvalue weighted by molar-refractivity contribution is -0.136. The number of halogens is 1. The Hall–Kier alpha value is -1.59. The van der Waals surface area contributed by atoms with E-state index in [0.717, 1.165) is 25.2 Å². The minimum atomic E-state index is -0.623. The molecule has 0 bridgehead atoms. The summed E-state index contributed by atoms with van der Waals surface area (Å²) in [5, 5.41) is 0. The molecule has 0 aliphatic carbocycles. The summed E-state index contributed by atoms with van der Waals surface area (Å²) >= 11 is 0. The van der Waals surface area contributed by atoms with Gasteiger partial charge in [0, 0.05) is 45.7 Å². The Balaban J connectivity index is 0.000000468. The average Bonchev–Trinajstić information content (AvgIpc) is 2.45. The first-order chi connectivity index (χ1) is 14.7. The van der Waals surface area contributed by atoms with Gasteiger partial charge in [-0.05, 0) is 29.1 Å². The topological polar surface area (TPSA) is 43.9 Å². The normalized spacial score (nSPS) is 16.4. The van der Waals surface area contributed by atoms with Crippen LogP contribution < -0.4 is 0 Å². The van der Waals surface area contributed by atoms with Gasteiger partial charge < -0.3 is 14.7 Å². The Bertz CT molecular complexity index is 629. The highest BCUT2D eigenvalue weighted by Crippen LogP contribution is 2.28. The Morgan fingerprint density at radius 2 is 1.24 bits per heavy atom. The molecule has 2 rings (SSSR count). The van der Waals surface area contributed by atoms with Crippen LogP contribution in [0, 0.1) is 16.2 Å². The van der Waals surface area contributed by atoms with Crippen LogP contribution in [0.3, 0.4) is 0 Å². The van der Waals surface area contributed by atoms with Crippen LogP contribution in [0.15, 0.2) is 12.3 Å². The van der Waals surface area contributed by atoms with Crippen molar-refractivity contribution in [2.45, 2.75) is 94.2 Å². The van der Waals surface area contributed by atoms with Gasteiger partial charge in [0.1, 0.15) is 6.17 Å². The molecule has 33 heavy (non-hydrogen) atoms. The molecule has 0 N–H and O–H groups in total. The molecular weight excluding hydrogens is 417 g/mol. The van der Waals surface area contributed by atoms with Crippen LogP contribution in [-0.2, 0) is 9.59 Å². The summed E-state index contributed by atoms with van der Waals surface area (Å²) in [5.41, 5.74) is 1.60. The number of amides is 2. The average molecular weight is 470 g/mol. The van der Waals surface area contributed by atoms with Gasteiger partial charge in [0.2, 0.25) is 11.8 Å². The summed E-state index contributed by atoms with van der Waals surface area (Å²) in [5.74, 6) is 0.524. The van der Waals surface area contributed by atoms with Crippen LogP contribution in [-0.4, -0.2) is 73.0 Å². The van der Waals surface area contributed by atoms with Crippen molar-refractivity contribution in [2.75, 3.05) is 40.3 Å². The van der Waals surface area contributed by atoms with Gasteiger partial charge in [-0.15, -0.1) is 0 Å². The molecule has 0 aromatic carbocycles. The zero-order valence-corrected chi connectivity index (χ0v) is 23.5. The summed E-state index contributed by atoms with van der Waals surface area (Å²) in [6, 6.07) is 0. The fourth-order valence-electron chi connectivity index (χ4n) is 3.15. The Morgan fingerprint density at radius 1 is 0.818 bits per heavy atom. The van der Waals surface area contributed by atoms with Crippen molar-refractivity contribution in [1.82, 2.24) is 14.7 Å². The minimum Gasteiger partial charge on any atom is -0.369 e. The van der Waals surface area contributed by atoms with Crippen molar-refractivity contribution in [3.63, 3.8) is 0 Å². The van der Waals surface area contributed by atoms with E-state index in [1.807, 2.05) is 9.80 Å². The standard InChI is InChI=1S/C10H18FN.C9H17NO.C8H17NO/c1-8(5-10(2,3)4)12-6-9(11)7-12;1-9(2,3)7-8(11)10-5-4-6-10;1-8(2,3)6-7(10)9(4)5/h9H,1,5-7H2,2-4H3;4-7H2,1-3H3;6H2,1-5H3. The lowest BCUT2D eigenvalue weighted by atomic mass is 9.90. The highest BCUT2D eigenvalue weighted by Gasteiger charge is 2.28. The van der Waals surface area contributed by atoms with Crippen molar-refractivity contribution < 1.29 is 14.0 Å². The number of rotatable bonds is 4. The number of alkyl halides is 1. The molecule has 194 valence electrons. The first-order valence-corrected chi connectivity index (χ1v) is 12.2. The molecule has 2 amide bonds. The van der Waals surface area contributed by atoms with Gasteiger partial charge in [-0.1, -0.05) is 68.9 Å². The van der Waals surface area contributed by atoms with Crippen molar-refractivity contribution >= 4 is 11.8 Å². The lowest BCUT2D eigenvalue weighted by Gasteiger charge is -2.39. The van der Waals surface area contributed by atoms with Crippen LogP contribution in [0.1, 0.15) is 88.0 Å². The molecule has 0 aromatic heterocycles. The van der Waals surface area contributed by atoms with Gasteiger partial charge in [0.25, 0.3) is 0 Å². The smallest absolute Gasteiger partial charge is 0.223 e. The quantitative estimate of drug-likeness (QED) is 0.526. The molecule has 2 saturated heterocycles. The fraction of sp³-hybridized carbons (Fsp3) is 0.852. The van der Waals surface area contributed by atoms with Crippen molar-refractivity contribution in [1.29, 1.82) is 0 Å². The molecule has 2 aliphatic rings. The fourth-order valence-corrected chi connectivity index (χ4v) is 3.15. The summed E-state index contributed by atoms with van der Waals surface area (Å²) in [6.07, 6.45) is 2.84. The van der Waals surface area contributed by atoms with Crippen molar-refractivity contribution in [2.24, 2.45) is 16.2 Å². The van der Waals surface area contributed by atoms with Crippen molar-refractivity contribution in [3.8, 4) is 0 Å². The Kier molecular flexibility index (Phi) is 12.1. The summed E-state index contributed by atoms with van der Waals surface area (Å²) in [6.45, 7) is 26.0. The largest absolute Gasteiger partial charge is 0.369 e. The third-order valence-electron chi connectivity index (χ3n) is 5.09. The summed E-state index contributed by atoms with van der Waals surface area (Å²) < 4.78 is 12.5. The van der Waals surface area contributed by atoms with Gasteiger partial charge in [-0.25, -0.2) is 4.39 Å². The van der Waals surface area contributed by atoms with E-state index in [1.165, 1.54) is 6.42 Å². The third kappa shape index (κ3) is 15.8. The van der Waals surface area contributed by atoms with Gasteiger partial charge >= 0.3 is 0 Å². The molecule has 0 unspecified atom stereocenters. The second kappa shape index (κ2) is 12.8. The molecule has 0 saturated carbocycles. The molecule has 5 nitrogen and oxygen atoms in total.